The molecule has 3 rings (SSSR count). The van der Waals surface area contributed by atoms with Gasteiger partial charge < -0.3 is 10.1 Å². The van der Waals surface area contributed by atoms with Crippen LogP contribution in [0.5, 0.6) is 0 Å². The van der Waals surface area contributed by atoms with E-state index in [1.54, 1.807) is 0 Å². The highest BCUT2D eigenvalue weighted by Gasteiger charge is 2.46. The predicted octanol–water partition coefficient (Wildman–Crippen LogP) is 0.263. The highest BCUT2D eigenvalue weighted by atomic mass is 19.1. The van der Waals surface area contributed by atoms with Crippen molar-refractivity contribution in [1.82, 2.24) is 19.5 Å². The van der Waals surface area contributed by atoms with Crippen molar-refractivity contribution >= 4 is 11.2 Å². The molecule has 0 atom stereocenters. The topological polar surface area (TPSA) is 90.6 Å². The molecule has 1 saturated carbocycles. The van der Waals surface area contributed by atoms with E-state index in [4.69, 9.17) is 10.5 Å². The van der Waals surface area contributed by atoms with Crippen molar-refractivity contribution in [2.24, 2.45) is 5.92 Å². The van der Waals surface area contributed by atoms with Crippen LogP contribution in [0.2, 0.25) is 0 Å². The Bertz CT molecular complexity index is 612. The van der Waals surface area contributed by atoms with Crippen LogP contribution in [0.25, 0.3) is 11.2 Å². The average Bonchev–Trinajstić information content (AvgIpc) is 2.74. The number of aromatic nitrogens is 4. The summed E-state index contributed by atoms with van der Waals surface area (Å²) in [5.41, 5.74) is 0.872. The molecule has 1 aliphatic rings. The molecule has 3 N–H and O–H groups in total. The maximum atomic E-state index is 14.4. The molecule has 0 amide bonds. The molecule has 90 valence electrons. The third-order valence-electron chi connectivity index (χ3n) is 3.29. The summed E-state index contributed by atoms with van der Waals surface area (Å²) in [5, 5.41) is 16.8. The molecule has 2 aromatic heterocycles. The van der Waals surface area contributed by atoms with Gasteiger partial charge in [0.2, 0.25) is 0 Å². The summed E-state index contributed by atoms with van der Waals surface area (Å²) in [5.74, 6) is -1.62. The van der Waals surface area contributed by atoms with Crippen molar-refractivity contribution in [1.29, 1.82) is 5.41 Å². The second kappa shape index (κ2) is 3.36. The molecular weight excluding hydrogens is 225 g/mol. The van der Waals surface area contributed by atoms with Crippen LogP contribution >= 0.6 is 0 Å². The maximum absolute atomic E-state index is 14.4. The zero-order valence-electron chi connectivity index (χ0n) is 9.02. The van der Waals surface area contributed by atoms with Gasteiger partial charge in [-0.05, 0) is 5.92 Å². The number of aliphatic hydroxyl groups is 1. The van der Waals surface area contributed by atoms with Gasteiger partial charge in [0.15, 0.2) is 16.9 Å². The first kappa shape index (κ1) is 10.4. The molecule has 6 nitrogen and oxygen atoms in total. The number of rotatable bonds is 2. The second-order valence-corrected chi connectivity index (χ2v) is 4.44. The number of fused-ring (bicyclic) bond motifs is 1. The van der Waals surface area contributed by atoms with Crippen LogP contribution in [0.3, 0.4) is 0 Å². The molecule has 1 aliphatic carbocycles. The van der Waals surface area contributed by atoms with E-state index in [2.05, 4.69) is 15.0 Å². The largest absolute Gasteiger partial charge is 0.396 e. The van der Waals surface area contributed by atoms with Crippen LogP contribution in [0.4, 0.5) is 4.39 Å². The first-order chi connectivity index (χ1) is 8.14. The van der Waals surface area contributed by atoms with E-state index < -0.39 is 5.79 Å². The molecule has 0 aliphatic heterocycles. The number of alkyl halides is 1. The molecule has 17 heavy (non-hydrogen) atoms. The van der Waals surface area contributed by atoms with Crippen LogP contribution < -0.4 is 5.49 Å². The van der Waals surface area contributed by atoms with Crippen LogP contribution in [0.15, 0.2) is 12.7 Å². The number of aromatic amines is 1. The molecule has 0 aromatic carbocycles. The fourth-order valence-corrected chi connectivity index (χ4v) is 2.30. The fraction of sp³-hybridized carbons (Fsp3) is 0.500. The highest BCUT2D eigenvalue weighted by molar-refractivity contribution is 5.67. The van der Waals surface area contributed by atoms with Crippen LogP contribution in [0.1, 0.15) is 12.8 Å². The van der Waals surface area contributed by atoms with Crippen molar-refractivity contribution in [2.75, 3.05) is 6.61 Å². The summed E-state index contributed by atoms with van der Waals surface area (Å²) in [6.45, 7) is -0.0146. The lowest BCUT2D eigenvalue weighted by Gasteiger charge is -2.41. The monoisotopic (exact) mass is 237 g/mol. The van der Waals surface area contributed by atoms with E-state index in [-0.39, 0.29) is 30.9 Å². The zero-order valence-corrected chi connectivity index (χ0v) is 9.02. The van der Waals surface area contributed by atoms with Gasteiger partial charge in [0.25, 0.3) is 0 Å². The minimum Gasteiger partial charge on any atom is -0.396 e. The second-order valence-electron chi connectivity index (χ2n) is 4.44. The molecule has 2 aromatic rings. The summed E-state index contributed by atoms with van der Waals surface area (Å²) in [6, 6.07) is 0. The van der Waals surface area contributed by atoms with Gasteiger partial charge in [-0.15, -0.1) is 0 Å². The standard InChI is InChI=1S/C10H12FN5O/c11-10(1-6(2-10)3-17)16-5-15-9-7(8(16)12)13-4-14-9/h4-6,12,17H,1-3H2,(H,13,14). The molecule has 0 bridgehead atoms. The number of hydrogen-bond acceptors (Lipinski definition) is 4. The minimum atomic E-state index is -1.60. The van der Waals surface area contributed by atoms with E-state index in [9.17, 15) is 4.39 Å². The lowest BCUT2D eigenvalue weighted by atomic mass is 9.78. The highest BCUT2D eigenvalue weighted by Crippen LogP contribution is 2.44. The average molecular weight is 237 g/mol. The molecule has 1 fully saturated rings. The Kier molecular flexibility index (Phi) is 2.06. The number of H-pyrrole nitrogens is 1. The summed E-state index contributed by atoms with van der Waals surface area (Å²) in [7, 11) is 0. The summed E-state index contributed by atoms with van der Waals surface area (Å²) in [4.78, 5) is 10.7. The molecule has 0 radical (unpaired) electrons. The van der Waals surface area contributed by atoms with Gasteiger partial charge in [-0.25, -0.2) is 14.4 Å². The van der Waals surface area contributed by atoms with Gasteiger partial charge in [-0.2, -0.15) is 0 Å². The first-order valence-electron chi connectivity index (χ1n) is 5.39. The van der Waals surface area contributed by atoms with Crippen molar-refractivity contribution < 1.29 is 9.50 Å². The Morgan fingerprint density at radius 1 is 1.59 bits per heavy atom. The van der Waals surface area contributed by atoms with Crippen LogP contribution in [0, 0.1) is 11.3 Å². The molecule has 7 heteroatoms. The van der Waals surface area contributed by atoms with Crippen molar-refractivity contribution in [3.05, 3.63) is 18.1 Å². The van der Waals surface area contributed by atoms with Gasteiger partial charge >= 0.3 is 0 Å². The Hall–Kier alpha value is -1.76. The van der Waals surface area contributed by atoms with Gasteiger partial charge in [0, 0.05) is 19.4 Å². The van der Waals surface area contributed by atoms with Crippen molar-refractivity contribution in [3.63, 3.8) is 0 Å². The van der Waals surface area contributed by atoms with Crippen molar-refractivity contribution in [3.8, 4) is 0 Å². The molecule has 0 saturated heterocycles. The van der Waals surface area contributed by atoms with Gasteiger partial charge in [-0.1, -0.05) is 0 Å². The van der Waals surface area contributed by atoms with E-state index in [0.717, 1.165) is 0 Å². The first-order valence-corrected chi connectivity index (χ1v) is 5.39. The number of nitrogens with zero attached hydrogens (tertiary/aromatic N) is 3. The predicted molar refractivity (Wildman–Crippen MR) is 56.6 cm³/mol. The number of aliphatic hydroxyl groups excluding tert-OH is 1. The quantitative estimate of drug-likeness (QED) is 0.700. The van der Waals surface area contributed by atoms with Crippen LogP contribution in [-0.4, -0.2) is 31.2 Å². The van der Waals surface area contributed by atoms with Crippen molar-refractivity contribution in [2.45, 2.75) is 18.6 Å². The SMILES string of the molecule is N=c1c2[nH]cnc2ncn1C1(F)CC(CO)C1. The lowest BCUT2D eigenvalue weighted by molar-refractivity contribution is -0.0854. The Labute approximate surface area is 95.7 Å². The summed E-state index contributed by atoms with van der Waals surface area (Å²) >= 11 is 0. The number of nitrogens with one attached hydrogen (secondary N) is 2. The maximum Gasteiger partial charge on any atom is 0.189 e. The van der Waals surface area contributed by atoms with Gasteiger partial charge in [0.05, 0.1) is 6.33 Å². The van der Waals surface area contributed by atoms with E-state index in [0.29, 0.717) is 11.2 Å². The summed E-state index contributed by atoms with van der Waals surface area (Å²) < 4.78 is 15.6. The van der Waals surface area contributed by atoms with E-state index in [1.807, 2.05) is 0 Å². The minimum absolute atomic E-state index is 0.0146. The Balaban J connectivity index is 2.07. The Morgan fingerprint density at radius 2 is 2.35 bits per heavy atom. The smallest absolute Gasteiger partial charge is 0.189 e. The van der Waals surface area contributed by atoms with Gasteiger partial charge in [0.1, 0.15) is 11.8 Å². The van der Waals surface area contributed by atoms with Crippen LogP contribution in [-0.2, 0) is 5.79 Å². The third-order valence-corrected chi connectivity index (χ3v) is 3.29. The fourth-order valence-electron chi connectivity index (χ4n) is 2.30. The molecule has 0 spiro atoms. The van der Waals surface area contributed by atoms with Gasteiger partial charge in [-0.3, -0.25) is 9.98 Å². The van der Waals surface area contributed by atoms with E-state index >= 15 is 0 Å². The third kappa shape index (κ3) is 1.39. The summed E-state index contributed by atoms with van der Waals surface area (Å²) in [6.07, 6.45) is 3.18. The molecule has 2 heterocycles. The van der Waals surface area contributed by atoms with E-state index in [1.165, 1.54) is 17.2 Å². The number of imidazole rings is 1. The number of hydrogen-bond donors (Lipinski definition) is 3. The zero-order chi connectivity index (χ0) is 12.0. The number of halogens is 1. The molecule has 0 unspecified atom stereocenters. The molecular formula is C10H12FN5O. The lowest BCUT2D eigenvalue weighted by Crippen LogP contribution is -2.48. The normalized spacial score (nSPS) is 28.2. The Morgan fingerprint density at radius 3 is 3.06 bits per heavy atom.